The number of amides is 1. The molecule has 1 amide bonds. The van der Waals surface area contributed by atoms with E-state index in [1.807, 2.05) is 30.0 Å². The van der Waals surface area contributed by atoms with Crippen LogP contribution in [-0.2, 0) is 4.79 Å². The molecule has 1 heterocycles. The maximum atomic E-state index is 12.1. The van der Waals surface area contributed by atoms with Gasteiger partial charge < -0.3 is 4.90 Å². The number of hydrogen-bond acceptors (Lipinski definition) is 2. The molecule has 0 saturated carbocycles. The Morgan fingerprint density at radius 3 is 2.50 bits per heavy atom. The van der Waals surface area contributed by atoms with Gasteiger partial charge in [-0.05, 0) is 24.5 Å². The molecular formula is C15H24N2O. The summed E-state index contributed by atoms with van der Waals surface area (Å²) in [7, 11) is 0. The van der Waals surface area contributed by atoms with Crippen molar-refractivity contribution in [1.29, 1.82) is 0 Å². The van der Waals surface area contributed by atoms with Crippen molar-refractivity contribution in [3.05, 3.63) is 30.1 Å². The maximum Gasteiger partial charge on any atom is 0.222 e. The third kappa shape index (κ3) is 3.83. The van der Waals surface area contributed by atoms with E-state index in [4.69, 9.17) is 0 Å². The first kappa shape index (κ1) is 14.7. The van der Waals surface area contributed by atoms with Gasteiger partial charge in [0.25, 0.3) is 0 Å². The molecule has 0 spiro atoms. The Kier molecular flexibility index (Phi) is 5.83. The van der Waals surface area contributed by atoms with Crippen molar-refractivity contribution in [3.8, 4) is 0 Å². The molecule has 0 saturated heterocycles. The average molecular weight is 248 g/mol. The van der Waals surface area contributed by atoms with Gasteiger partial charge in [0.2, 0.25) is 5.91 Å². The van der Waals surface area contributed by atoms with Crippen LogP contribution in [0.25, 0.3) is 0 Å². The lowest BCUT2D eigenvalue weighted by atomic mass is 10.1. The van der Waals surface area contributed by atoms with Gasteiger partial charge in [0, 0.05) is 19.2 Å². The summed E-state index contributed by atoms with van der Waals surface area (Å²) in [5.41, 5.74) is 0.988. The standard InChI is InChI=1S/C15H24N2O/c1-5-14(13-9-7-8-10-16-13)17(11-12(3)4)15(18)6-2/h7-10,12,14H,5-6,11H2,1-4H3. The maximum absolute atomic E-state index is 12.1. The van der Waals surface area contributed by atoms with Crippen molar-refractivity contribution >= 4 is 5.91 Å². The minimum Gasteiger partial charge on any atom is -0.334 e. The van der Waals surface area contributed by atoms with E-state index >= 15 is 0 Å². The molecule has 1 atom stereocenters. The fourth-order valence-electron chi connectivity index (χ4n) is 2.16. The van der Waals surface area contributed by atoms with Gasteiger partial charge in [-0.15, -0.1) is 0 Å². The summed E-state index contributed by atoms with van der Waals surface area (Å²) < 4.78 is 0. The van der Waals surface area contributed by atoms with Crippen LogP contribution < -0.4 is 0 Å². The fraction of sp³-hybridized carbons (Fsp3) is 0.600. The Balaban J connectivity index is 2.97. The predicted molar refractivity (Wildman–Crippen MR) is 74.1 cm³/mol. The van der Waals surface area contributed by atoms with Crippen molar-refractivity contribution in [1.82, 2.24) is 9.88 Å². The van der Waals surface area contributed by atoms with Gasteiger partial charge in [-0.1, -0.05) is 33.8 Å². The quantitative estimate of drug-likeness (QED) is 0.772. The number of carbonyl (C=O) groups excluding carboxylic acids is 1. The third-order valence-corrected chi connectivity index (χ3v) is 2.98. The molecule has 0 bridgehead atoms. The highest BCUT2D eigenvalue weighted by atomic mass is 16.2. The second-order valence-electron chi connectivity index (χ2n) is 4.97. The van der Waals surface area contributed by atoms with Crippen LogP contribution in [0.4, 0.5) is 0 Å². The van der Waals surface area contributed by atoms with Crippen LogP contribution >= 0.6 is 0 Å². The van der Waals surface area contributed by atoms with Crippen molar-refractivity contribution in [2.75, 3.05) is 6.54 Å². The lowest BCUT2D eigenvalue weighted by Crippen LogP contribution is -2.37. The molecule has 3 nitrogen and oxygen atoms in total. The van der Waals surface area contributed by atoms with Crippen molar-refractivity contribution in [2.24, 2.45) is 5.92 Å². The van der Waals surface area contributed by atoms with Gasteiger partial charge in [0.15, 0.2) is 0 Å². The second kappa shape index (κ2) is 7.14. The lowest BCUT2D eigenvalue weighted by molar-refractivity contribution is -0.134. The minimum absolute atomic E-state index is 0.0982. The highest BCUT2D eigenvalue weighted by molar-refractivity contribution is 5.76. The van der Waals surface area contributed by atoms with E-state index in [0.717, 1.165) is 18.7 Å². The Morgan fingerprint density at radius 1 is 1.33 bits per heavy atom. The molecule has 0 aliphatic carbocycles. The summed E-state index contributed by atoms with van der Waals surface area (Å²) in [4.78, 5) is 18.5. The van der Waals surface area contributed by atoms with E-state index in [1.54, 1.807) is 6.20 Å². The molecule has 0 fully saturated rings. The van der Waals surface area contributed by atoms with Gasteiger partial charge >= 0.3 is 0 Å². The first-order valence-electron chi connectivity index (χ1n) is 6.80. The van der Waals surface area contributed by atoms with Gasteiger partial charge in [-0.25, -0.2) is 0 Å². The minimum atomic E-state index is 0.0982. The third-order valence-electron chi connectivity index (χ3n) is 2.98. The summed E-state index contributed by atoms with van der Waals surface area (Å²) >= 11 is 0. The van der Waals surface area contributed by atoms with Crippen LogP contribution in [0.2, 0.25) is 0 Å². The smallest absolute Gasteiger partial charge is 0.222 e. The molecular weight excluding hydrogens is 224 g/mol. The normalized spacial score (nSPS) is 12.5. The molecule has 0 radical (unpaired) electrons. The summed E-state index contributed by atoms with van der Waals surface area (Å²) in [5.74, 6) is 0.680. The fourth-order valence-corrected chi connectivity index (χ4v) is 2.16. The van der Waals surface area contributed by atoms with E-state index in [2.05, 4.69) is 25.8 Å². The molecule has 0 aliphatic rings. The lowest BCUT2D eigenvalue weighted by Gasteiger charge is -2.32. The van der Waals surface area contributed by atoms with Crippen LogP contribution in [0.3, 0.4) is 0 Å². The largest absolute Gasteiger partial charge is 0.334 e. The summed E-state index contributed by atoms with van der Waals surface area (Å²) in [6, 6.07) is 5.99. The summed E-state index contributed by atoms with van der Waals surface area (Å²) in [5, 5.41) is 0. The number of nitrogens with zero attached hydrogens (tertiary/aromatic N) is 2. The molecule has 1 aromatic rings. The number of aromatic nitrogens is 1. The Morgan fingerprint density at radius 2 is 2.06 bits per heavy atom. The number of carbonyl (C=O) groups is 1. The zero-order valence-electron chi connectivity index (χ0n) is 11.9. The first-order chi connectivity index (χ1) is 8.60. The first-order valence-corrected chi connectivity index (χ1v) is 6.80. The Labute approximate surface area is 110 Å². The molecule has 0 aliphatic heterocycles. The molecule has 1 unspecified atom stereocenters. The highest BCUT2D eigenvalue weighted by Gasteiger charge is 2.24. The van der Waals surface area contributed by atoms with Crippen LogP contribution in [-0.4, -0.2) is 22.3 Å². The Bertz CT molecular complexity index is 362. The second-order valence-corrected chi connectivity index (χ2v) is 4.97. The van der Waals surface area contributed by atoms with Crippen LogP contribution in [0.5, 0.6) is 0 Å². The zero-order chi connectivity index (χ0) is 13.5. The molecule has 0 aromatic carbocycles. The van der Waals surface area contributed by atoms with Crippen molar-refractivity contribution in [3.63, 3.8) is 0 Å². The van der Waals surface area contributed by atoms with E-state index in [9.17, 15) is 4.79 Å². The molecule has 100 valence electrons. The Hall–Kier alpha value is -1.38. The van der Waals surface area contributed by atoms with Gasteiger partial charge in [0.1, 0.15) is 0 Å². The van der Waals surface area contributed by atoms with E-state index in [-0.39, 0.29) is 11.9 Å². The number of pyridine rings is 1. The summed E-state index contributed by atoms with van der Waals surface area (Å²) in [6.07, 6.45) is 3.24. The van der Waals surface area contributed by atoms with Crippen LogP contribution in [0.1, 0.15) is 52.3 Å². The van der Waals surface area contributed by atoms with Crippen LogP contribution in [0.15, 0.2) is 24.4 Å². The van der Waals surface area contributed by atoms with Crippen LogP contribution in [0, 0.1) is 5.92 Å². The van der Waals surface area contributed by atoms with Crippen molar-refractivity contribution in [2.45, 2.75) is 46.6 Å². The predicted octanol–water partition coefficient (Wildman–Crippen LogP) is 3.43. The monoisotopic (exact) mass is 248 g/mol. The zero-order valence-corrected chi connectivity index (χ0v) is 11.9. The molecule has 18 heavy (non-hydrogen) atoms. The number of rotatable bonds is 6. The molecule has 1 aromatic heterocycles. The molecule has 3 heteroatoms. The van der Waals surface area contributed by atoms with E-state index < -0.39 is 0 Å². The average Bonchev–Trinajstić information content (AvgIpc) is 2.38. The molecule has 0 N–H and O–H groups in total. The number of hydrogen-bond donors (Lipinski definition) is 0. The van der Waals surface area contributed by atoms with Gasteiger partial charge in [0.05, 0.1) is 11.7 Å². The van der Waals surface area contributed by atoms with E-state index in [1.165, 1.54) is 0 Å². The van der Waals surface area contributed by atoms with Crippen molar-refractivity contribution < 1.29 is 4.79 Å². The van der Waals surface area contributed by atoms with Gasteiger partial charge in [-0.3, -0.25) is 9.78 Å². The highest BCUT2D eigenvalue weighted by Crippen LogP contribution is 2.24. The summed E-state index contributed by atoms with van der Waals surface area (Å²) in [6.45, 7) is 9.10. The molecule has 1 rings (SSSR count). The van der Waals surface area contributed by atoms with Gasteiger partial charge in [-0.2, -0.15) is 0 Å². The van der Waals surface area contributed by atoms with E-state index in [0.29, 0.717) is 12.3 Å². The SMILES string of the molecule is CCC(=O)N(CC(C)C)C(CC)c1ccccn1. The topological polar surface area (TPSA) is 33.2 Å².